The molecule has 0 bridgehead atoms. The highest BCUT2D eigenvalue weighted by molar-refractivity contribution is 5.96. The first-order valence-corrected chi connectivity index (χ1v) is 11.2. The van der Waals surface area contributed by atoms with Crippen molar-refractivity contribution < 1.29 is 24.2 Å². The van der Waals surface area contributed by atoms with Crippen LogP contribution in [0.25, 0.3) is 0 Å². The minimum Gasteiger partial charge on any atom is -0.464 e. The number of unbranched alkanes of at least 4 members (excludes halogenated alkanes) is 12. The normalized spacial score (nSPS) is 11.8. The molecule has 0 aliphatic heterocycles. The molecule has 0 radical (unpaired) electrons. The van der Waals surface area contributed by atoms with Gasteiger partial charge in [0.1, 0.15) is 0 Å². The summed E-state index contributed by atoms with van der Waals surface area (Å²) < 4.78 is 10.1. The zero-order chi connectivity index (χ0) is 21.0. The van der Waals surface area contributed by atoms with Crippen molar-refractivity contribution in [3.8, 4) is 0 Å². The third-order valence-electron chi connectivity index (χ3n) is 4.79. The molecule has 0 saturated carbocycles. The number of rotatable bonds is 19. The van der Waals surface area contributed by atoms with E-state index in [9.17, 15) is 14.7 Å². The summed E-state index contributed by atoms with van der Waals surface area (Å²) in [5, 5.41) is 9.90. The van der Waals surface area contributed by atoms with Crippen molar-refractivity contribution in [2.75, 3.05) is 13.2 Å². The molecule has 28 heavy (non-hydrogen) atoms. The van der Waals surface area contributed by atoms with Gasteiger partial charge in [-0.2, -0.15) is 0 Å². The molecule has 0 aromatic rings. The molecule has 0 aromatic carbocycles. The highest BCUT2D eigenvalue weighted by atomic mass is 16.6. The van der Waals surface area contributed by atoms with Crippen molar-refractivity contribution in [2.45, 2.75) is 110 Å². The fourth-order valence-corrected chi connectivity index (χ4v) is 2.88. The minimum absolute atomic E-state index is 0.254. The Morgan fingerprint density at radius 2 is 1.11 bits per heavy atom. The van der Waals surface area contributed by atoms with Crippen LogP contribution in [-0.4, -0.2) is 36.4 Å². The van der Waals surface area contributed by atoms with E-state index in [2.05, 4.69) is 20.4 Å². The summed E-state index contributed by atoms with van der Waals surface area (Å²) in [6.07, 6.45) is 14.0. The van der Waals surface area contributed by atoms with Crippen molar-refractivity contribution in [1.29, 1.82) is 0 Å². The molecule has 0 rings (SSSR count). The van der Waals surface area contributed by atoms with E-state index in [4.69, 9.17) is 9.47 Å². The summed E-state index contributed by atoms with van der Waals surface area (Å²) >= 11 is 0. The summed E-state index contributed by atoms with van der Waals surface area (Å²) in [6, 6.07) is 0. The molecule has 0 aromatic heterocycles. The lowest BCUT2D eigenvalue weighted by molar-refractivity contribution is -0.154. The van der Waals surface area contributed by atoms with Crippen molar-refractivity contribution in [2.24, 2.45) is 0 Å². The molecule has 0 fully saturated rings. The van der Waals surface area contributed by atoms with E-state index in [0.717, 1.165) is 38.5 Å². The Kier molecular flexibility index (Phi) is 18.1. The molecule has 0 spiro atoms. The number of carbonyl (C=O) groups is 2. The van der Waals surface area contributed by atoms with E-state index in [1.807, 2.05) is 0 Å². The molecule has 164 valence electrons. The number of hydrogen-bond acceptors (Lipinski definition) is 5. The van der Waals surface area contributed by atoms with Gasteiger partial charge in [-0.15, -0.1) is 0 Å². The van der Waals surface area contributed by atoms with Gasteiger partial charge in [0.15, 0.2) is 6.10 Å². The van der Waals surface area contributed by atoms with E-state index in [1.165, 1.54) is 51.4 Å². The predicted molar refractivity (Wildman–Crippen MR) is 113 cm³/mol. The highest BCUT2D eigenvalue weighted by Gasteiger charge is 2.26. The molecule has 5 nitrogen and oxygen atoms in total. The van der Waals surface area contributed by atoms with E-state index in [-0.39, 0.29) is 18.8 Å². The number of aliphatic hydroxyl groups is 1. The van der Waals surface area contributed by atoms with E-state index < -0.39 is 18.0 Å². The molecule has 0 aliphatic carbocycles. The molecule has 0 saturated heterocycles. The van der Waals surface area contributed by atoms with Crippen LogP contribution in [0.15, 0.2) is 12.2 Å². The minimum atomic E-state index is -1.65. The van der Waals surface area contributed by atoms with Gasteiger partial charge in [-0.3, -0.25) is 0 Å². The second kappa shape index (κ2) is 19.0. The predicted octanol–water partition coefficient (Wildman–Crippen LogP) is 5.49. The Balaban J connectivity index is 3.75. The number of aliphatic hydroxyl groups excluding tert-OH is 1. The number of hydrogen-bond donors (Lipinski definition) is 1. The second-order valence-corrected chi connectivity index (χ2v) is 7.47. The van der Waals surface area contributed by atoms with Crippen LogP contribution >= 0.6 is 0 Å². The SMILES string of the molecule is C=C(C(=O)OCCCCCCCCC)C(O)C(=O)OCCCCCCCCC. The quantitative estimate of drug-likeness (QED) is 0.177. The Hall–Kier alpha value is -1.36. The second-order valence-electron chi connectivity index (χ2n) is 7.47. The lowest BCUT2D eigenvalue weighted by Gasteiger charge is -2.13. The molecular formula is C23H42O5. The third kappa shape index (κ3) is 14.7. The van der Waals surface area contributed by atoms with Crippen LogP contribution in [0.5, 0.6) is 0 Å². The van der Waals surface area contributed by atoms with Gasteiger partial charge >= 0.3 is 11.9 Å². The molecule has 1 N–H and O–H groups in total. The summed E-state index contributed by atoms with van der Waals surface area (Å²) in [6.45, 7) is 8.39. The molecule has 0 aliphatic rings. The largest absolute Gasteiger partial charge is 0.464 e. The van der Waals surface area contributed by atoms with Crippen LogP contribution in [0, 0.1) is 0 Å². The summed E-state index contributed by atoms with van der Waals surface area (Å²) in [5.74, 6) is -1.56. The van der Waals surface area contributed by atoms with Crippen LogP contribution < -0.4 is 0 Å². The van der Waals surface area contributed by atoms with Crippen LogP contribution in [-0.2, 0) is 19.1 Å². The van der Waals surface area contributed by atoms with Crippen LogP contribution in [0.1, 0.15) is 104 Å². The standard InChI is InChI=1S/C23H42O5/c1-4-6-8-10-12-14-16-18-27-22(25)20(3)21(24)23(26)28-19-17-15-13-11-9-7-5-2/h21,24H,3-19H2,1-2H3. The molecule has 1 unspecified atom stereocenters. The third-order valence-corrected chi connectivity index (χ3v) is 4.79. The zero-order valence-corrected chi connectivity index (χ0v) is 18.2. The Morgan fingerprint density at radius 1 is 0.714 bits per heavy atom. The smallest absolute Gasteiger partial charge is 0.339 e. The maximum atomic E-state index is 11.9. The summed E-state index contributed by atoms with van der Waals surface area (Å²) in [5.41, 5.74) is -0.257. The Labute approximate surface area is 171 Å². The van der Waals surface area contributed by atoms with Gasteiger partial charge in [0.2, 0.25) is 0 Å². The molecular weight excluding hydrogens is 356 g/mol. The monoisotopic (exact) mass is 398 g/mol. The van der Waals surface area contributed by atoms with E-state index in [1.54, 1.807) is 0 Å². The zero-order valence-electron chi connectivity index (χ0n) is 18.2. The van der Waals surface area contributed by atoms with E-state index >= 15 is 0 Å². The molecule has 5 heteroatoms. The topological polar surface area (TPSA) is 72.8 Å². The van der Waals surface area contributed by atoms with Gasteiger partial charge in [0.25, 0.3) is 0 Å². The molecule has 1 atom stereocenters. The fraction of sp³-hybridized carbons (Fsp3) is 0.826. The van der Waals surface area contributed by atoms with Gasteiger partial charge in [-0.05, 0) is 12.8 Å². The van der Waals surface area contributed by atoms with E-state index in [0.29, 0.717) is 0 Å². The average Bonchev–Trinajstić information content (AvgIpc) is 2.70. The summed E-state index contributed by atoms with van der Waals surface area (Å²) in [4.78, 5) is 23.7. The molecule has 0 amide bonds. The van der Waals surface area contributed by atoms with Crippen LogP contribution in [0.4, 0.5) is 0 Å². The average molecular weight is 399 g/mol. The van der Waals surface area contributed by atoms with Crippen molar-refractivity contribution in [3.05, 3.63) is 12.2 Å². The van der Waals surface area contributed by atoms with Crippen molar-refractivity contribution >= 4 is 11.9 Å². The van der Waals surface area contributed by atoms with Gasteiger partial charge in [0, 0.05) is 0 Å². The van der Waals surface area contributed by atoms with Crippen LogP contribution in [0.3, 0.4) is 0 Å². The number of carbonyl (C=O) groups excluding carboxylic acids is 2. The van der Waals surface area contributed by atoms with Crippen LogP contribution in [0.2, 0.25) is 0 Å². The first kappa shape index (κ1) is 26.6. The Bertz CT molecular complexity index is 419. The number of esters is 2. The molecule has 0 heterocycles. The van der Waals surface area contributed by atoms with Gasteiger partial charge < -0.3 is 14.6 Å². The van der Waals surface area contributed by atoms with Gasteiger partial charge in [-0.25, -0.2) is 9.59 Å². The Morgan fingerprint density at radius 3 is 1.57 bits per heavy atom. The summed E-state index contributed by atoms with van der Waals surface area (Å²) in [7, 11) is 0. The van der Waals surface area contributed by atoms with Gasteiger partial charge in [-0.1, -0.05) is 97.5 Å². The first-order valence-electron chi connectivity index (χ1n) is 11.2. The van der Waals surface area contributed by atoms with Gasteiger partial charge in [0.05, 0.1) is 18.8 Å². The first-order chi connectivity index (χ1) is 13.5. The maximum absolute atomic E-state index is 11.9. The highest BCUT2D eigenvalue weighted by Crippen LogP contribution is 2.10. The fourth-order valence-electron chi connectivity index (χ4n) is 2.88. The van der Waals surface area contributed by atoms with Crippen molar-refractivity contribution in [3.63, 3.8) is 0 Å². The maximum Gasteiger partial charge on any atom is 0.339 e. The lowest BCUT2D eigenvalue weighted by atomic mass is 10.1. The number of ether oxygens (including phenoxy) is 2. The van der Waals surface area contributed by atoms with Crippen molar-refractivity contribution in [1.82, 2.24) is 0 Å². The lowest BCUT2D eigenvalue weighted by Crippen LogP contribution is -2.29.